The number of amides is 1. The summed E-state index contributed by atoms with van der Waals surface area (Å²) in [6.07, 6.45) is 1.95. The normalized spacial score (nSPS) is 21.6. The lowest BCUT2D eigenvalue weighted by molar-refractivity contribution is 0.00578. The molecule has 0 radical (unpaired) electrons. The van der Waals surface area contributed by atoms with E-state index in [1.807, 2.05) is 51.8 Å². The van der Waals surface area contributed by atoms with E-state index >= 15 is 0 Å². The summed E-state index contributed by atoms with van der Waals surface area (Å²) in [5, 5.41) is 3.82. The lowest BCUT2D eigenvalue weighted by Gasteiger charge is -2.32. The minimum absolute atomic E-state index is 0. The number of hydrogen-bond acceptors (Lipinski definition) is 4. The van der Waals surface area contributed by atoms with Crippen LogP contribution in [0.2, 0.25) is 5.02 Å². The first-order valence-corrected chi connectivity index (χ1v) is 9.63. The van der Waals surface area contributed by atoms with Crippen LogP contribution in [0.1, 0.15) is 50.9 Å². The summed E-state index contributed by atoms with van der Waals surface area (Å²) in [7, 11) is 1.34. The Hall–Kier alpha value is -0.785. The fourth-order valence-corrected chi connectivity index (χ4v) is 3.65. The second-order valence-electron chi connectivity index (χ2n) is 8.22. The van der Waals surface area contributed by atoms with Crippen LogP contribution < -0.4 is 10.8 Å². The van der Waals surface area contributed by atoms with Crippen molar-refractivity contribution in [3.8, 4) is 0 Å². The fourth-order valence-electron chi connectivity index (χ4n) is 3.38. The van der Waals surface area contributed by atoms with Gasteiger partial charge >= 0.3 is 7.12 Å². The Labute approximate surface area is 173 Å². The number of nitrogens with zero attached hydrogens (tertiary/aromatic N) is 1. The number of carbonyl (C=O) groups excluding carboxylic acids is 1. The van der Waals surface area contributed by atoms with Crippen LogP contribution in [0.4, 0.5) is 0 Å². The molecule has 0 spiro atoms. The highest BCUT2D eigenvalue weighted by molar-refractivity contribution is 6.65. The molecule has 2 aliphatic rings. The summed E-state index contributed by atoms with van der Waals surface area (Å²) in [4.78, 5) is 14.7. The summed E-state index contributed by atoms with van der Waals surface area (Å²) >= 11 is 6.49. The molecule has 8 heteroatoms. The molecule has 2 saturated heterocycles. The third-order valence-corrected chi connectivity index (χ3v) is 6.26. The van der Waals surface area contributed by atoms with Gasteiger partial charge < -0.3 is 19.5 Å². The Morgan fingerprint density at radius 1 is 1.19 bits per heavy atom. The predicted molar refractivity (Wildman–Crippen MR) is 112 cm³/mol. The number of carbonyl (C=O) groups is 1. The van der Waals surface area contributed by atoms with Crippen LogP contribution in [-0.4, -0.2) is 55.3 Å². The lowest BCUT2D eigenvalue weighted by atomic mass is 9.78. The number of piperidine rings is 1. The average Bonchev–Trinajstić information content (AvgIpc) is 2.81. The molecule has 2 heterocycles. The molecule has 2 fully saturated rings. The number of halogens is 2. The molecule has 27 heavy (non-hydrogen) atoms. The zero-order valence-electron chi connectivity index (χ0n) is 16.7. The van der Waals surface area contributed by atoms with Crippen LogP contribution in [0.3, 0.4) is 0 Å². The minimum atomic E-state index is -0.529. The van der Waals surface area contributed by atoms with E-state index in [1.165, 1.54) is 0 Å². The Morgan fingerprint density at radius 2 is 1.74 bits per heavy atom. The first-order valence-electron chi connectivity index (χ1n) is 9.25. The van der Waals surface area contributed by atoms with E-state index in [9.17, 15) is 4.79 Å². The average molecular weight is 415 g/mol. The second-order valence-corrected chi connectivity index (χ2v) is 8.63. The van der Waals surface area contributed by atoms with Gasteiger partial charge in [0.05, 0.1) is 11.2 Å². The van der Waals surface area contributed by atoms with Crippen LogP contribution in [0, 0.1) is 0 Å². The summed E-state index contributed by atoms with van der Waals surface area (Å²) in [6.45, 7) is 9.92. The van der Waals surface area contributed by atoms with E-state index < -0.39 is 18.3 Å². The second kappa shape index (κ2) is 8.30. The van der Waals surface area contributed by atoms with Gasteiger partial charge in [-0.25, -0.2) is 0 Å². The van der Waals surface area contributed by atoms with Crippen molar-refractivity contribution in [3.05, 3.63) is 28.8 Å². The Balaban J connectivity index is 0.00000261. The van der Waals surface area contributed by atoms with Gasteiger partial charge in [-0.1, -0.05) is 17.7 Å². The minimum Gasteiger partial charge on any atom is -0.399 e. The number of hydrogen-bond donors (Lipinski definition) is 1. The first-order chi connectivity index (χ1) is 12.1. The van der Waals surface area contributed by atoms with E-state index in [0.717, 1.165) is 31.4 Å². The van der Waals surface area contributed by atoms with Gasteiger partial charge in [0.15, 0.2) is 0 Å². The monoisotopic (exact) mass is 414 g/mol. The predicted octanol–water partition coefficient (Wildman–Crippen LogP) is 2.89. The standard InChI is InChI=1S/C19H28BClN2O3.ClH/c1-18(2)19(3,4)26-20(25-18)15-7-6-13(12-16(15)21)17(24)23(5)14-8-10-22-11-9-14;/h6-7,12,14,22H,8-11H2,1-5H3;1H. The molecule has 1 amide bonds. The molecule has 0 unspecified atom stereocenters. The Morgan fingerprint density at radius 3 is 2.26 bits per heavy atom. The molecule has 1 aromatic carbocycles. The maximum absolute atomic E-state index is 12.8. The molecule has 2 aliphatic heterocycles. The summed E-state index contributed by atoms with van der Waals surface area (Å²) in [5.41, 5.74) is 0.498. The highest BCUT2D eigenvalue weighted by atomic mass is 35.5. The summed E-state index contributed by atoms with van der Waals surface area (Å²) in [5.74, 6) is -0.000677. The molecule has 5 nitrogen and oxygen atoms in total. The van der Waals surface area contributed by atoms with Crippen molar-refractivity contribution in [1.82, 2.24) is 10.2 Å². The number of nitrogens with one attached hydrogen (secondary N) is 1. The molecule has 0 aliphatic carbocycles. The van der Waals surface area contributed by atoms with Gasteiger partial charge in [0.2, 0.25) is 0 Å². The zero-order chi connectivity index (χ0) is 19.1. The maximum Gasteiger partial charge on any atom is 0.496 e. The molecule has 3 rings (SSSR count). The highest BCUT2D eigenvalue weighted by Gasteiger charge is 2.52. The van der Waals surface area contributed by atoms with Crippen LogP contribution in [-0.2, 0) is 9.31 Å². The Kier molecular flexibility index (Phi) is 6.91. The zero-order valence-corrected chi connectivity index (χ0v) is 18.2. The van der Waals surface area contributed by atoms with Crippen molar-refractivity contribution in [2.24, 2.45) is 0 Å². The quantitative estimate of drug-likeness (QED) is 0.772. The topological polar surface area (TPSA) is 50.8 Å². The van der Waals surface area contributed by atoms with Crippen molar-refractivity contribution in [1.29, 1.82) is 0 Å². The van der Waals surface area contributed by atoms with Gasteiger partial charge in [0.25, 0.3) is 5.91 Å². The molecule has 0 saturated carbocycles. The van der Waals surface area contributed by atoms with Gasteiger partial charge in [-0.2, -0.15) is 0 Å². The van der Waals surface area contributed by atoms with Gasteiger partial charge in [0.1, 0.15) is 0 Å². The molecule has 1 N–H and O–H groups in total. The Bertz CT molecular complexity index is 678. The third-order valence-electron chi connectivity index (χ3n) is 5.93. The molecule has 0 aromatic heterocycles. The van der Waals surface area contributed by atoms with Crippen molar-refractivity contribution in [2.45, 2.75) is 57.8 Å². The smallest absolute Gasteiger partial charge is 0.399 e. The van der Waals surface area contributed by atoms with E-state index in [4.69, 9.17) is 20.9 Å². The van der Waals surface area contributed by atoms with Crippen molar-refractivity contribution in [3.63, 3.8) is 0 Å². The van der Waals surface area contributed by atoms with E-state index in [1.54, 1.807) is 6.07 Å². The number of rotatable bonds is 3. The molecular weight excluding hydrogens is 386 g/mol. The van der Waals surface area contributed by atoms with Gasteiger partial charge in [-0.15, -0.1) is 12.4 Å². The molecule has 0 atom stereocenters. The summed E-state index contributed by atoms with van der Waals surface area (Å²) in [6, 6.07) is 5.65. The van der Waals surface area contributed by atoms with Crippen LogP contribution in [0.25, 0.3) is 0 Å². The van der Waals surface area contributed by atoms with E-state index in [0.29, 0.717) is 10.6 Å². The number of benzene rings is 1. The largest absolute Gasteiger partial charge is 0.496 e. The van der Waals surface area contributed by atoms with Gasteiger partial charge in [0, 0.05) is 29.1 Å². The van der Waals surface area contributed by atoms with Crippen molar-refractivity contribution in [2.75, 3.05) is 20.1 Å². The van der Waals surface area contributed by atoms with Crippen LogP contribution in [0.15, 0.2) is 18.2 Å². The van der Waals surface area contributed by atoms with Crippen molar-refractivity contribution >= 4 is 42.5 Å². The lowest BCUT2D eigenvalue weighted by Crippen LogP contribution is -2.44. The van der Waals surface area contributed by atoms with Crippen molar-refractivity contribution < 1.29 is 14.1 Å². The van der Waals surface area contributed by atoms with Crippen LogP contribution >= 0.6 is 24.0 Å². The third kappa shape index (κ3) is 4.46. The SMILES string of the molecule is CN(C(=O)c1ccc(B2OC(C)(C)C(C)(C)O2)c(Cl)c1)C1CCNCC1.Cl. The maximum atomic E-state index is 12.8. The fraction of sp³-hybridized carbons (Fsp3) is 0.632. The summed E-state index contributed by atoms with van der Waals surface area (Å²) < 4.78 is 12.1. The molecule has 0 bridgehead atoms. The van der Waals surface area contributed by atoms with E-state index in [2.05, 4.69) is 5.32 Å². The molecule has 1 aromatic rings. The molecular formula is C19H29BCl2N2O3. The van der Waals surface area contributed by atoms with Gasteiger partial charge in [-0.3, -0.25) is 4.79 Å². The molecule has 150 valence electrons. The van der Waals surface area contributed by atoms with Crippen LogP contribution in [0.5, 0.6) is 0 Å². The first kappa shape index (κ1) is 22.5. The highest BCUT2D eigenvalue weighted by Crippen LogP contribution is 2.37. The van der Waals surface area contributed by atoms with E-state index in [-0.39, 0.29) is 24.4 Å². The van der Waals surface area contributed by atoms with Gasteiger partial charge in [-0.05, 0) is 65.8 Å².